The quantitative estimate of drug-likeness (QED) is 0.311. The molecule has 2 aromatic heterocycles. The number of fused-ring (bicyclic) bond motifs is 2. The first kappa shape index (κ1) is 20.6. The van der Waals surface area contributed by atoms with Gasteiger partial charge in [0.15, 0.2) is 5.82 Å². The van der Waals surface area contributed by atoms with Crippen LogP contribution >= 0.6 is 27.3 Å². The van der Waals surface area contributed by atoms with Crippen molar-refractivity contribution in [2.24, 2.45) is 0 Å². The fraction of sp³-hybridized carbons (Fsp3) is 0.217. The van der Waals surface area contributed by atoms with Crippen molar-refractivity contribution in [1.29, 1.82) is 0 Å². The second-order valence-electron chi connectivity index (χ2n) is 7.54. The lowest BCUT2D eigenvalue weighted by molar-refractivity contribution is -0.137. The molecule has 0 N–H and O–H groups in total. The van der Waals surface area contributed by atoms with Gasteiger partial charge in [-0.25, -0.2) is 9.97 Å². The van der Waals surface area contributed by atoms with Gasteiger partial charge in [-0.2, -0.15) is 13.2 Å². The van der Waals surface area contributed by atoms with Crippen LogP contribution in [0.4, 0.5) is 13.2 Å². The Morgan fingerprint density at radius 3 is 2.58 bits per heavy atom. The van der Waals surface area contributed by atoms with Crippen LogP contribution in [0, 0.1) is 0 Å². The highest BCUT2D eigenvalue weighted by atomic mass is 79.9. The summed E-state index contributed by atoms with van der Waals surface area (Å²) in [7, 11) is 0. The smallest absolute Gasteiger partial charge is 0.293 e. The highest BCUT2D eigenvalue weighted by Crippen LogP contribution is 2.37. The minimum absolute atomic E-state index is 0.466. The molecular weight excluding hydrogens is 487 g/mol. The van der Waals surface area contributed by atoms with Crippen molar-refractivity contribution < 1.29 is 13.2 Å². The van der Waals surface area contributed by atoms with Crippen molar-refractivity contribution in [3.63, 3.8) is 0 Å². The number of thiophene rings is 1. The molecule has 1 aliphatic rings. The van der Waals surface area contributed by atoms with Gasteiger partial charge in [0.1, 0.15) is 0 Å². The van der Waals surface area contributed by atoms with E-state index >= 15 is 0 Å². The molecule has 0 aliphatic carbocycles. The first-order chi connectivity index (χ1) is 14.9. The molecule has 31 heavy (non-hydrogen) atoms. The van der Waals surface area contributed by atoms with E-state index in [2.05, 4.69) is 49.0 Å². The van der Waals surface area contributed by atoms with Gasteiger partial charge in [0.05, 0.1) is 11.3 Å². The summed E-state index contributed by atoms with van der Waals surface area (Å²) in [4.78, 5) is 12.7. The van der Waals surface area contributed by atoms with E-state index in [4.69, 9.17) is 0 Å². The Balaban J connectivity index is 1.33. The predicted octanol–water partition coefficient (Wildman–Crippen LogP) is 6.70. The van der Waals surface area contributed by atoms with E-state index in [1.165, 1.54) is 27.1 Å². The Hall–Kier alpha value is -2.29. The molecule has 2 aromatic carbocycles. The number of alkyl halides is 3. The minimum Gasteiger partial charge on any atom is -0.293 e. The molecule has 3 nitrogen and oxygen atoms in total. The van der Waals surface area contributed by atoms with Crippen LogP contribution in [0.1, 0.15) is 21.7 Å². The summed E-state index contributed by atoms with van der Waals surface area (Å²) in [6, 6.07) is 13.4. The van der Waals surface area contributed by atoms with Crippen molar-refractivity contribution in [1.82, 2.24) is 14.9 Å². The largest absolute Gasteiger partial charge is 0.416 e. The highest BCUT2D eigenvalue weighted by Gasteiger charge is 2.30. The Bertz CT molecular complexity index is 1250. The van der Waals surface area contributed by atoms with E-state index in [9.17, 15) is 13.2 Å². The fourth-order valence-electron chi connectivity index (χ4n) is 3.83. The molecule has 0 atom stereocenters. The third-order valence-electron chi connectivity index (χ3n) is 5.45. The molecule has 0 unspecified atom stereocenters. The van der Waals surface area contributed by atoms with Crippen molar-refractivity contribution in [2.45, 2.75) is 25.7 Å². The summed E-state index contributed by atoms with van der Waals surface area (Å²) >= 11 is 5.55. The predicted molar refractivity (Wildman–Crippen MR) is 120 cm³/mol. The van der Waals surface area contributed by atoms with Crippen LogP contribution in [0.3, 0.4) is 0 Å². The summed E-state index contributed by atoms with van der Waals surface area (Å²) in [6.07, 6.45) is -1.75. The van der Waals surface area contributed by atoms with Crippen LogP contribution in [0.5, 0.6) is 0 Å². The minimum atomic E-state index is -4.35. The van der Waals surface area contributed by atoms with Crippen molar-refractivity contribution in [3.05, 3.63) is 80.9 Å². The first-order valence-electron chi connectivity index (χ1n) is 9.79. The second-order valence-corrected chi connectivity index (χ2v) is 9.47. The molecule has 0 bridgehead atoms. The monoisotopic (exact) mass is 503 g/mol. The molecule has 1 aliphatic heterocycles. The summed E-state index contributed by atoms with van der Waals surface area (Å²) in [6.45, 7) is 2.47. The third kappa shape index (κ3) is 4.12. The standard InChI is InChI=1S/C23H17BrF3N3S/c24-21-17-3-1-2-4-19(17)31-20(21)13-30-10-9-18-15(12-30)11-28-22(29-18)14-5-7-16(8-6-14)23(25,26)27/h1-8,11H,9-10,12-13H2. The maximum absolute atomic E-state index is 12.8. The summed E-state index contributed by atoms with van der Waals surface area (Å²) in [5, 5.41) is 1.24. The SMILES string of the molecule is FC(F)(F)c1ccc(-c2ncc3c(n2)CCN(Cc2sc4ccccc4c2Br)C3)cc1. The lowest BCUT2D eigenvalue weighted by Crippen LogP contribution is -2.30. The Labute approximate surface area is 189 Å². The van der Waals surface area contributed by atoms with Gasteiger partial charge in [-0.3, -0.25) is 4.90 Å². The van der Waals surface area contributed by atoms with Gasteiger partial charge < -0.3 is 0 Å². The summed E-state index contributed by atoms with van der Waals surface area (Å²) in [5.41, 5.74) is 1.96. The summed E-state index contributed by atoms with van der Waals surface area (Å²) in [5.74, 6) is 0.466. The molecule has 0 amide bonds. The van der Waals surface area contributed by atoms with Crippen LogP contribution in [-0.2, 0) is 25.7 Å². The number of nitrogens with zero attached hydrogens (tertiary/aromatic N) is 3. The number of benzene rings is 2. The highest BCUT2D eigenvalue weighted by molar-refractivity contribution is 9.10. The Morgan fingerprint density at radius 1 is 1.06 bits per heavy atom. The van der Waals surface area contributed by atoms with E-state index in [1.54, 1.807) is 11.3 Å². The second kappa shape index (κ2) is 8.00. The maximum atomic E-state index is 12.8. The average Bonchev–Trinajstić information content (AvgIpc) is 3.08. The zero-order chi connectivity index (χ0) is 21.6. The topological polar surface area (TPSA) is 29.0 Å². The summed E-state index contributed by atoms with van der Waals surface area (Å²) < 4.78 is 40.8. The molecule has 8 heteroatoms. The lowest BCUT2D eigenvalue weighted by Gasteiger charge is -2.27. The number of rotatable bonds is 3. The van der Waals surface area contributed by atoms with Gasteiger partial charge >= 0.3 is 6.18 Å². The molecule has 0 fully saturated rings. The Kier molecular flexibility index (Phi) is 5.32. The Morgan fingerprint density at radius 2 is 1.84 bits per heavy atom. The van der Waals surface area contributed by atoms with E-state index in [0.717, 1.165) is 53.9 Å². The van der Waals surface area contributed by atoms with Crippen LogP contribution < -0.4 is 0 Å². The number of hydrogen-bond acceptors (Lipinski definition) is 4. The van der Waals surface area contributed by atoms with Gasteiger partial charge in [-0.1, -0.05) is 30.3 Å². The lowest BCUT2D eigenvalue weighted by atomic mass is 10.1. The van der Waals surface area contributed by atoms with E-state index < -0.39 is 11.7 Å². The van der Waals surface area contributed by atoms with E-state index in [-0.39, 0.29) is 0 Å². The molecular formula is C23H17BrF3N3S. The third-order valence-corrected chi connectivity index (χ3v) is 7.78. The number of hydrogen-bond donors (Lipinski definition) is 0. The maximum Gasteiger partial charge on any atom is 0.416 e. The van der Waals surface area contributed by atoms with Gasteiger partial charge in [0.25, 0.3) is 0 Å². The van der Waals surface area contributed by atoms with E-state index in [0.29, 0.717) is 11.4 Å². The van der Waals surface area contributed by atoms with Crippen molar-refractivity contribution in [3.8, 4) is 11.4 Å². The van der Waals surface area contributed by atoms with Gasteiger partial charge in [0, 0.05) is 62.8 Å². The number of aromatic nitrogens is 2. The van der Waals surface area contributed by atoms with Crippen molar-refractivity contribution >= 4 is 37.4 Å². The zero-order valence-electron chi connectivity index (χ0n) is 16.3. The van der Waals surface area contributed by atoms with Crippen LogP contribution in [0.25, 0.3) is 21.5 Å². The first-order valence-corrected chi connectivity index (χ1v) is 11.4. The molecule has 5 rings (SSSR count). The number of halogens is 4. The van der Waals surface area contributed by atoms with Crippen molar-refractivity contribution in [2.75, 3.05) is 6.54 Å². The zero-order valence-corrected chi connectivity index (χ0v) is 18.7. The van der Waals surface area contributed by atoms with Gasteiger partial charge in [-0.05, 0) is 34.1 Å². The van der Waals surface area contributed by atoms with Gasteiger partial charge in [-0.15, -0.1) is 11.3 Å². The van der Waals surface area contributed by atoms with E-state index in [1.807, 2.05) is 12.3 Å². The molecule has 4 aromatic rings. The molecule has 0 saturated heterocycles. The average molecular weight is 504 g/mol. The van der Waals surface area contributed by atoms with Crippen LogP contribution in [-0.4, -0.2) is 21.4 Å². The molecule has 0 spiro atoms. The fourth-order valence-corrected chi connectivity index (χ4v) is 5.81. The van der Waals surface area contributed by atoms with Gasteiger partial charge in [0.2, 0.25) is 0 Å². The molecule has 0 saturated carbocycles. The molecule has 3 heterocycles. The molecule has 0 radical (unpaired) electrons. The van der Waals surface area contributed by atoms with Crippen LogP contribution in [0.2, 0.25) is 0 Å². The molecule has 158 valence electrons. The van der Waals surface area contributed by atoms with Crippen LogP contribution in [0.15, 0.2) is 59.2 Å². The normalized spacial score (nSPS) is 14.7.